The van der Waals surface area contributed by atoms with Gasteiger partial charge in [-0.05, 0) is 25.3 Å². The second kappa shape index (κ2) is 6.64. The van der Waals surface area contributed by atoms with E-state index in [9.17, 15) is 13.2 Å². The van der Waals surface area contributed by atoms with Crippen molar-refractivity contribution in [2.24, 2.45) is 5.92 Å². The van der Waals surface area contributed by atoms with Gasteiger partial charge in [0.05, 0.1) is 11.7 Å². The van der Waals surface area contributed by atoms with E-state index >= 15 is 0 Å². The average molecular weight is 352 g/mol. The third-order valence-electron chi connectivity index (χ3n) is 3.73. The van der Waals surface area contributed by atoms with Gasteiger partial charge < -0.3 is 10.1 Å². The number of amides is 1. The highest BCUT2D eigenvalue weighted by atomic mass is 35.7. The van der Waals surface area contributed by atoms with E-state index in [-0.39, 0.29) is 16.2 Å². The lowest BCUT2D eigenvalue weighted by molar-refractivity contribution is 0.0827. The smallest absolute Gasteiger partial charge is 0.271 e. The van der Waals surface area contributed by atoms with Gasteiger partial charge in [0, 0.05) is 35.1 Å². The highest BCUT2D eigenvalue weighted by Gasteiger charge is 2.28. The number of rotatable bonds is 5. The van der Waals surface area contributed by atoms with Gasteiger partial charge in [-0.1, -0.05) is 6.92 Å². The highest BCUT2D eigenvalue weighted by Crippen LogP contribution is 2.29. The molecule has 0 aliphatic carbocycles. The normalized spacial score (nSPS) is 22.4. The van der Waals surface area contributed by atoms with Crippen LogP contribution in [0.2, 0.25) is 0 Å². The SMILES string of the molecule is CCC1OCCC1CNC(=O)c1csc(S(=O)(=O)Cl)c1C. The standard InChI is InChI=1S/C13H18ClNO4S2/c1-3-11-9(4-5-19-11)6-15-12(16)10-7-20-13(8(10)2)21(14,17)18/h7,9,11H,3-6H2,1-2H3,(H,15,16). The van der Waals surface area contributed by atoms with Gasteiger partial charge in [-0.25, -0.2) is 8.42 Å². The first-order chi connectivity index (χ1) is 9.84. The van der Waals surface area contributed by atoms with Crippen LogP contribution in [0.1, 0.15) is 35.7 Å². The Morgan fingerprint density at radius 1 is 1.57 bits per heavy atom. The molecule has 1 aromatic rings. The molecule has 1 N–H and O–H groups in total. The van der Waals surface area contributed by atoms with Crippen molar-refractivity contribution in [3.8, 4) is 0 Å². The average Bonchev–Trinajstić information content (AvgIpc) is 3.00. The molecule has 1 aliphatic heterocycles. The molecule has 2 atom stereocenters. The molecule has 0 spiro atoms. The maximum atomic E-state index is 12.2. The molecule has 0 aromatic carbocycles. The van der Waals surface area contributed by atoms with Gasteiger partial charge >= 0.3 is 0 Å². The van der Waals surface area contributed by atoms with Crippen molar-refractivity contribution >= 4 is 37.0 Å². The van der Waals surface area contributed by atoms with E-state index in [2.05, 4.69) is 12.2 Å². The largest absolute Gasteiger partial charge is 0.378 e. The Bertz CT molecular complexity index is 626. The van der Waals surface area contributed by atoms with Crippen LogP contribution in [0.5, 0.6) is 0 Å². The summed E-state index contributed by atoms with van der Waals surface area (Å²) in [4.78, 5) is 12.2. The summed E-state index contributed by atoms with van der Waals surface area (Å²) in [7, 11) is 1.54. The minimum Gasteiger partial charge on any atom is -0.378 e. The van der Waals surface area contributed by atoms with E-state index in [1.54, 1.807) is 6.92 Å². The fraction of sp³-hybridized carbons (Fsp3) is 0.615. The first kappa shape index (κ1) is 16.7. The molecule has 1 amide bonds. The van der Waals surface area contributed by atoms with Crippen LogP contribution in [0.3, 0.4) is 0 Å². The number of thiophene rings is 1. The molecule has 0 bridgehead atoms. The molecule has 0 saturated carbocycles. The molecule has 0 radical (unpaired) electrons. The zero-order chi connectivity index (χ0) is 15.6. The van der Waals surface area contributed by atoms with Crippen molar-refractivity contribution < 1.29 is 17.9 Å². The van der Waals surface area contributed by atoms with Crippen LogP contribution < -0.4 is 5.32 Å². The molecular formula is C13H18ClNO4S2. The zero-order valence-corrected chi connectivity index (χ0v) is 14.3. The lowest BCUT2D eigenvalue weighted by atomic mass is 9.99. The van der Waals surface area contributed by atoms with Crippen LogP contribution in [-0.4, -0.2) is 33.6 Å². The van der Waals surface area contributed by atoms with Gasteiger partial charge in [0.1, 0.15) is 4.21 Å². The van der Waals surface area contributed by atoms with Crippen molar-refractivity contribution in [3.05, 3.63) is 16.5 Å². The summed E-state index contributed by atoms with van der Waals surface area (Å²) in [6.07, 6.45) is 2.04. The summed E-state index contributed by atoms with van der Waals surface area (Å²) in [6, 6.07) is 0. The Hall–Kier alpha value is -0.630. The summed E-state index contributed by atoms with van der Waals surface area (Å²) < 4.78 is 28.3. The quantitative estimate of drug-likeness (QED) is 0.827. The topological polar surface area (TPSA) is 72.5 Å². The minimum absolute atomic E-state index is 0.0324. The van der Waals surface area contributed by atoms with E-state index < -0.39 is 9.05 Å². The Morgan fingerprint density at radius 3 is 2.86 bits per heavy atom. The summed E-state index contributed by atoms with van der Waals surface area (Å²) >= 11 is 0.969. The lowest BCUT2D eigenvalue weighted by Gasteiger charge is -2.17. The Morgan fingerprint density at radius 2 is 2.29 bits per heavy atom. The predicted molar refractivity (Wildman–Crippen MR) is 82.6 cm³/mol. The van der Waals surface area contributed by atoms with Gasteiger partial charge in [-0.15, -0.1) is 11.3 Å². The minimum atomic E-state index is -3.80. The van der Waals surface area contributed by atoms with Crippen molar-refractivity contribution in [2.75, 3.05) is 13.2 Å². The highest BCUT2D eigenvalue weighted by molar-refractivity contribution is 8.15. The third-order valence-corrected chi connectivity index (χ3v) is 7.04. The number of carbonyl (C=O) groups excluding carboxylic acids is 1. The van der Waals surface area contributed by atoms with E-state index in [1.165, 1.54) is 5.38 Å². The molecule has 2 unspecified atom stereocenters. The number of halogens is 1. The van der Waals surface area contributed by atoms with E-state index in [0.29, 0.717) is 23.6 Å². The number of hydrogen-bond acceptors (Lipinski definition) is 5. The van der Waals surface area contributed by atoms with E-state index in [4.69, 9.17) is 15.4 Å². The predicted octanol–water partition coefficient (Wildman–Crippen LogP) is 2.53. The monoisotopic (exact) mass is 351 g/mol. The molecule has 1 aromatic heterocycles. The first-order valence-corrected chi connectivity index (χ1v) is 9.96. The molecule has 8 heteroatoms. The van der Waals surface area contributed by atoms with Crippen LogP contribution >= 0.6 is 22.0 Å². The van der Waals surface area contributed by atoms with Crippen LogP contribution in [0.25, 0.3) is 0 Å². The number of nitrogens with one attached hydrogen (secondary N) is 1. The Balaban J connectivity index is 2.03. The molecule has 2 heterocycles. The number of carbonyl (C=O) groups is 1. The molecule has 21 heavy (non-hydrogen) atoms. The molecule has 2 rings (SSSR count). The lowest BCUT2D eigenvalue weighted by Crippen LogP contribution is -2.32. The summed E-state index contributed by atoms with van der Waals surface area (Å²) in [5.41, 5.74) is 0.772. The maximum absolute atomic E-state index is 12.2. The van der Waals surface area contributed by atoms with Crippen LogP contribution in [-0.2, 0) is 13.8 Å². The number of ether oxygens (including phenoxy) is 1. The first-order valence-electron chi connectivity index (χ1n) is 6.77. The summed E-state index contributed by atoms with van der Waals surface area (Å²) in [5.74, 6) is 0.0474. The molecule has 1 fully saturated rings. The summed E-state index contributed by atoms with van der Waals surface area (Å²) in [5, 5.41) is 4.39. The molecule has 118 valence electrons. The molecule has 1 saturated heterocycles. The zero-order valence-electron chi connectivity index (χ0n) is 11.9. The molecule has 5 nitrogen and oxygen atoms in total. The van der Waals surface area contributed by atoms with E-state index in [1.807, 2.05) is 0 Å². The number of hydrogen-bond donors (Lipinski definition) is 1. The second-order valence-electron chi connectivity index (χ2n) is 5.08. The van der Waals surface area contributed by atoms with Crippen molar-refractivity contribution in [1.82, 2.24) is 5.32 Å². The van der Waals surface area contributed by atoms with Crippen molar-refractivity contribution in [3.63, 3.8) is 0 Å². The Kier molecular flexibility index (Phi) is 5.29. The van der Waals surface area contributed by atoms with Gasteiger partial charge in [0.2, 0.25) is 0 Å². The molecule has 1 aliphatic rings. The van der Waals surface area contributed by atoms with Crippen LogP contribution in [0, 0.1) is 12.8 Å². The van der Waals surface area contributed by atoms with Gasteiger partial charge in [-0.3, -0.25) is 4.79 Å². The van der Waals surface area contributed by atoms with Gasteiger partial charge in [-0.2, -0.15) is 0 Å². The maximum Gasteiger partial charge on any atom is 0.271 e. The van der Waals surface area contributed by atoms with Crippen LogP contribution in [0.15, 0.2) is 9.59 Å². The van der Waals surface area contributed by atoms with Gasteiger partial charge in [0.15, 0.2) is 0 Å². The van der Waals surface area contributed by atoms with Gasteiger partial charge in [0.25, 0.3) is 15.0 Å². The Labute approximate surface area is 133 Å². The van der Waals surface area contributed by atoms with Crippen molar-refractivity contribution in [1.29, 1.82) is 0 Å². The van der Waals surface area contributed by atoms with Crippen molar-refractivity contribution in [2.45, 2.75) is 37.0 Å². The van der Waals surface area contributed by atoms with Crippen LogP contribution in [0.4, 0.5) is 0 Å². The molecular weight excluding hydrogens is 334 g/mol. The second-order valence-corrected chi connectivity index (χ2v) is 8.72. The fourth-order valence-corrected chi connectivity index (χ4v) is 5.11. The third kappa shape index (κ3) is 3.77. The van der Waals surface area contributed by atoms with E-state index in [0.717, 1.165) is 30.8 Å². The fourth-order valence-electron chi connectivity index (χ4n) is 2.56. The summed E-state index contributed by atoms with van der Waals surface area (Å²) in [6.45, 7) is 4.92.